The van der Waals surface area contributed by atoms with Crippen LogP contribution in [0.5, 0.6) is 0 Å². The standard InChI is InChI=1S/C15H26N4O3/c1-3-12(9-20)17-15(21)16-10(2)14-18-13(19-22-14)11-7-5-4-6-8-11/h10-12,20H,3-9H2,1-2H3,(H2,16,17,21). The highest BCUT2D eigenvalue weighted by Crippen LogP contribution is 2.31. The lowest BCUT2D eigenvalue weighted by Gasteiger charge is -2.18. The van der Waals surface area contributed by atoms with Gasteiger partial charge in [-0.1, -0.05) is 31.3 Å². The van der Waals surface area contributed by atoms with Crippen LogP contribution in [0.2, 0.25) is 0 Å². The first-order valence-corrected chi connectivity index (χ1v) is 8.15. The van der Waals surface area contributed by atoms with Gasteiger partial charge < -0.3 is 20.3 Å². The van der Waals surface area contributed by atoms with Crippen LogP contribution in [0.4, 0.5) is 4.79 Å². The first-order chi connectivity index (χ1) is 10.6. The highest BCUT2D eigenvalue weighted by atomic mass is 16.5. The Kier molecular flexibility index (Phi) is 6.18. The Labute approximate surface area is 130 Å². The van der Waals surface area contributed by atoms with Gasteiger partial charge in [-0.05, 0) is 26.2 Å². The fourth-order valence-electron chi connectivity index (χ4n) is 2.71. The molecule has 7 nitrogen and oxygen atoms in total. The summed E-state index contributed by atoms with van der Waals surface area (Å²) >= 11 is 0. The summed E-state index contributed by atoms with van der Waals surface area (Å²) in [7, 11) is 0. The van der Waals surface area contributed by atoms with Crippen molar-refractivity contribution in [3.8, 4) is 0 Å². The fourth-order valence-corrected chi connectivity index (χ4v) is 2.71. The molecule has 1 aliphatic rings. The number of aromatic nitrogens is 2. The number of hydrogen-bond acceptors (Lipinski definition) is 5. The number of nitrogens with zero attached hydrogens (tertiary/aromatic N) is 2. The summed E-state index contributed by atoms with van der Waals surface area (Å²) in [5, 5.41) is 18.6. The minimum Gasteiger partial charge on any atom is -0.394 e. The van der Waals surface area contributed by atoms with E-state index in [1.54, 1.807) is 6.92 Å². The van der Waals surface area contributed by atoms with E-state index in [4.69, 9.17) is 9.63 Å². The van der Waals surface area contributed by atoms with Crippen LogP contribution in [0.15, 0.2) is 4.52 Å². The van der Waals surface area contributed by atoms with Crippen LogP contribution in [0.25, 0.3) is 0 Å². The van der Waals surface area contributed by atoms with Crippen LogP contribution >= 0.6 is 0 Å². The van der Waals surface area contributed by atoms with Crippen molar-refractivity contribution in [2.24, 2.45) is 0 Å². The number of nitrogens with one attached hydrogen (secondary N) is 2. The van der Waals surface area contributed by atoms with Crippen molar-refractivity contribution in [2.75, 3.05) is 6.61 Å². The molecule has 0 spiro atoms. The molecule has 2 atom stereocenters. The second-order valence-electron chi connectivity index (χ2n) is 5.95. The van der Waals surface area contributed by atoms with Crippen molar-refractivity contribution in [2.45, 2.75) is 70.4 Å². The molecule has 1 heterocycles. The second-order valence-corrected chi connectivity index (χ2v) is 5.95. The van der Waals surface area contributed by atoms with Crippen molar-refractivity contribution >= 4 is 6.03 Å². The molecule has 0 saturated heterocycles. The van der Waals surface area contributed by atoms with Gasteiger partial charge in [-0.15, -0.1) is 0 Å². The quantitative estimate of drug-likeness (QED) is 0.748. The third-order valence-corrected chi connectivity index (χ3v) is 4.19. The number of amides is 2. The van der Waals surface area contributed by atoms with Crippen LogP contribution in [-0.2, 0) is 0 Å². The van der Waals surface area contributed by atoms with Crippen molar-refractivity contribution in [1.29, 1.82) is 0 Å². The highest BCUT2D eigenvalue weighted by Gasteiger charge is 2.23. The summed E-state index contributed by atoms with van der Waals surface area (Å²) < 4.78 is 5.29. The van der Waals surface area contributed by atoms with Crippen molar-refractivity contribution in [1.82, 2.24) is 20.8 Å². The van der Waals surface area contributed by atoms with Crippen LogP contribution in [-0.4, -0.2) is 33.9 Å². The predicted molar refractivity (Wildman–Crippen MR) is 81.4 cm³/mol. The van der Waals surface area contributed by atoms with Gasteiger partial charge in [0, 0.05) is 5.92 Å². The van der Waals surface area contributed by atoms with Crippen LogP contribution < -0.4 is 10.6 Å². The van der Waals surface area contributed by atoms with Gasteiger partial charge >= 0.3 is 6.03 Å². The molecule has 1 aromatic heterocycles. The topological polar surface area (TPSA) is 100 Å². The summed E-state index contributed by atoms with van der Waals surface area (Å²) in [6, 6.07) is -0.945. The maximum absolute atomic E-state index is 11.8. The van der Waals surface area contributed by atoms with Gasteiger partial charge in [0.2, 0.25) is 5.89 Å². The molecule has 1 aliphatic carbocycles. The zero-order valence-electron chi connectivity index (χ0n) is 13.3. The van der Waals surface area contributed by atoms with Gasteiger partial charge in [-0.2, -0.15) is 4.98 Å². The van der Waals surface area contributed by atoms with E-state index in [-0.39, 0.29) is 24.7 Å². The van der Waals surface area contributed by atoms with Gasteiger partial charge in [0.15, 0.2) is 5.82 Å². The largest absolute Gasteiger partial charge is 0.394 e. The number of hydrogen-bond donors (Lipinski definition) is 3. The van der Waals surface area contributed by atoms with Crippen molar-refractivity contribution in [3.63, 3.8) is 0 Å². The Hall–Kier alpha value is -1.63. The van der Waals surface area contributed by atoms with Crippen molar-refractivity contribution in [3.05, 3.63) is 11.7 Å². The van der Waals surface area contributed by atoms with Gasteiger partial charge in [0.1, 0.15) is 6.04 Å². The first-order valence-electron chi connectivity index (χ1n) is 8.15. The smallest absolute Gasteiger partial charge is 0.315 e. The number of rotatable bonds is 6. The average molecular weight is 310 g/mol. The Bertz CT molecular complexity index is 467. The zero-order valence-corrected chi connectivity index (χ0v) is 13.3. The summed E-state index contributed by atoms with van der Waals surface area (Å²) in [4.78, 5) is 16.3. The summed E-state index contributed by atoms with van der Waals surface area (Å²) in [6.45, 7) is 3.63. The van der Waals surface area contributed by atoms with Gasteiger partial charge in [0.25, 0.3) is 0 Å². The minimum absolute atomic E-state index is 0.0787. The molecule has 22 heavy (non-hydrogen) atoms. The maximum atomic E-state index is 11.8. The van der Waals surface area contributed by atoms with E-state index >= 15 is 0 Å². The summed E-state index contributed by atoms with van der Waals surface area (Å²) in [5.74, 6) is 1.56. The normalized spacial score (nSPS) is 18.7. The van der Waals surface area contributed by atoms with Crippen LogP contribution in [0.1, 0.15) is 76.0 Å². The van der Waals surface area contributed by atoms with Crippen molar-refractivity contribution < 1.29 is 14.4 Å². The molecule has 0 aromatic carbocycles. The van der Waals surface area contributed by atoms with E-state index in [9.17, 15) is 4.79 Å². The maximum Gasteiger partial charge on any atom is 0.315 e. The van der Waals surface area contributed by atoms with Gasteiger partial charge in [-0.25, -0.2) is 4.79 Å². The van der Waals surface area contributed by atoms with E-state index in [1.165, 1.54) is 19.3 Å². The number of aliphatic hydroxyl groups is 1. The molecule has 1 fully saturated rings. The Morgan fingerprint density at radius 2 is 2.09 bits per heavy atom. The zero-order chi connectivity index (χ0) is 15.9. The third kappa shape index (κ3) is 4.43. The van der Waals surface area contributed by atoms with E-state index in [0.717, 1.165) is 18.7 Å². The average Bonchev–Trinajstić information content (AvgIpc) is 3.03. The fraction of sp³-hybridized carbons (Fsp3) is 0.800. The van der Waals surface area contributed by atoms with Crippen LogP contribution in [0.3, 0.4) is 0 Å². The third-order valence-electron chi connectivity index (χ3n) is 4.19. The second kappa shape index (κ2) is 8.12. The first kappa shape index (κ1) is 16.7. The lowest BCUT2D eigenvalue weighted by molar-refractivity contribution is 0.210. The van der Waals surface area contributed by atoms with Gasteiger partial charge in [0.05, 0.1) is 12.6 Å². The summed E-state index contributed by atoms with van der Waals surface area (Å²) in [5.41, 5.74) is 0. The predicted octanol–water partition coefficient (Wildman–Crippen LogP) is 2.25. The van der Waals surface area contributed by atoms with E-state index in [0.29, 0.717) is 18.2 Å². The number of carbonyl (C=O) groups is 1. The molecule has 0 aliphatic heterocycles. The Morgan fingerprint density at radius 3 is 2.73 bits per heavy atom. The van der Waals surface area contributed by atoms with Gasteiger partial charge in [-0.3, -0.25) is 0 Å². The lowest BCUT2D eigenvalue weighted by Crippen LogP contribution is -2.44. The molecule has 2 rings (SSSR count). The molecule has 0 bridgehead atoms. The Morgan fingerprint density at radius 1 is 1.36 bits per heavy atom. The molecule has 124 valence electrons. The minimum atomic E-state index is -0.360. The number of carbonyl (C=O) groups excluding carboxylic acids is 1. The lowest BCUT2D eigenvalue weighted by atomic mass is 9.89. The molecular formula is C15H26N4O3. The molecule has 2 amide bonds. The SMILES string of the molecule is CCC(CO)NC(=O)NC(C)c1nc(C2CCCCC2)no1. The molecule has 2 unspecified atom stereocenters. The van der Waals surface area contributed by atoms with E-state index in [2.05, 4.69) is 20.8 Å². The monoisotopic (exact) mass is 310 g/mol. The van der Waals surface area contributed by atoms with E-state index < -0.39 is 0 Å². The summed E-state index contributed by atoms with van der Waals surface area (Å²) in [6.07, 6.45) is 6.59. The number of urea groups is 1. The van der Waals surface area contributed by atoms with Crippen LogP contribution in [0, 0.1) is 0 Å². The molecular weight excluding hydrogens is 284 g/mol. The molecule has 3 N–H and O–H groups in total. The van der Waals surface area contributed by atoms with E-state index in [1.807, 2.05) is 6.92 Å². The molecule has 1 aromatic rings. The molecule has 0 radical (unpaired) electrons. The Balaban J connectivity index is 1.88. The highest BCUT2D eigenvalue weighted by molar-refractivity contribution is 5.74. The molecule has 7 heteroatoms. The number of aliphatic hydroxyl groups excluding tert-OH is 1. The molecule has 1 saturated carbocycles.